The minimum absolute atomic E-state index is 0.0253. The maximum atomic E-state index is 5.59. The average molecular weight is 284 g/mol. The van der Waals surface area contributed by atoms with Crippen molar-refractivity contribution in [2.45, 2.75) is 59.7 Å². The number of hydrogen-bond acceptors (Lipinski definition) is 6. The fourth-order valence-electron chi connectivity index (χ4n) is 1.53. The van der Waals surface area contributed by atoms with Crippen LogP contribution in [0.4, 0.5) is 6.01 Å². The molecule has 0 bridgehead atoms. The first-order chi connectivity index (χ1) is 9.31. The Bertz CT molecular complexity index is 385. The van der Waals surface area contributed by atoms with Crippen molar-refractivity contribution in [1.82, 2.24) is 15.5 Å². The van der Waals surface area contributed by atoms with Crippen molar-refractivity contribution < 1.29 is 9.15 Å². The van der Waals surface area contributed by atoms with Gasteiger partial charge in [0, 0.05) is 12.1 Å². The highest BCUT2D eigenvalue weighted by Crippen LogP contribution is 2.13. The molecule has 6 heteroatoms. The summed E-state index contributed by atoms with van der Waals surface area (Å²) in [5, 5.41) is 14.6. The molecule has 1 aromatic rings. The molecule has 0 amide bonds. The summed E-state index contributed by atoms with van der Waals surface area (Å²) in [4.78, 5) is 0. The fourth-order valence-corrected chi connectivity index (χ4v) is 1.53. The Balaban J connectivity index is 2.53. The summed E-state index contributed by atoms with van der Waals surface area (Å²) in [6, 6.07) is 0.618. The molecule has 116 valence electrons. The van der Waals surface area contributed by atoms with Crippen LogP contribution in [-0.4, -0.2) is 35.0 Å². The van der Waals surface area contributed by atoms with Crippen LogP contribution in [0, 0.1) is 5.92 Å². The van der Waals surface area contributed by atoms with E-state index in [9.17, 15) is 0 Å². The highest BCUT2D eigenvalue weighted by atomic mass is 16.5. The predicted molar refractivity (Wildman–Crippen MR) is 79.6 cm³/mol. The van der Waals surface area contributed by atoms with Gasteiger partial charge in [0.2, 0.25) is 5.89 Å². The summed E-state index contributed by atoms with van der Waals surface area (Å²) in [5.74, 6) is 1.01. The Labute approximate surface area is 121 Å². The van der Waals surface area contributed by atoms with E-state index in [1.165, 1.54) is 0 Å². The number of nitrogens with zero attached hydrogens (tertiary/aromatic N) is 2. The standard InChI is InChI=1S/C14H28N4O2/c1-7-19-9-11(10(2)3)16-13-18-17-12(20-13)8-15-14(4,5)6/h10-11,15H,7-9H2,1-6H3,(H,16,18). The molecule has 0 aliphatic carbocycles. The molecule has 0 spiro atoms. The van der Waals surface area contributed by atoms with E-state index in [1.807, 2.05) is 6.92 Å². The van der Waals surface area contributed by atoms with Crippen molar-refractivity contribution >= 4 is 6.01 Å². The lowest BCUT2D eigenvalue weighted by Crippen LogP contribution is -2.35. The topological polar surface area (TPSA) is 72.2 Å². The minimum atomic E-state index is 0.0253. The molecule has 6 nitrogen and oxygen atoms in total. The number of aromatic nitrogens is 2. The lowest BCUT2D eigenvalue weighted by molar-refractivity contribution is 0.126. The summed E-state index contributed by atoms with van der Waals surface area (Å²) in [7, 11) is 0. The molecule has 1 heterocycles. The van der Waals surface area contributed by atoms with E-state index in [0.29, 0.717) is 37.6 Å². The lowest BCUT2D eigenvalue weighted by atomic mass is 10.1. The van der Waals surface area contributed by atoms with Gasteiger partial charge in [0.05, 0.1) is 19.2 Å². The Hall–Kier alpha value is -1.14. The van der Waals surface area contributed by atoms with Crippen LogP contribution in [0.3, 0.4) is 0 Å². The van der Waals surface area contributed by atoms with E-state index in [0.717, 1.165) is 0 Å². The summed E-state index contributed by atoms with van der Waals surface area (Å²) in [6.07, 6.45) is 0. The van der Waals surface area contributed by atoms with Gasteiger partial charge in [0.15, 0.2) is 0 Å². The van der Waals surface area contributed by atoms with Crippen molar-refractivity contribution in [3.8, 4) is 0 Å². The third-order valence-electron chi connectivity index (χ3n) is 2.85. The Morgan fingerprint density at radius 1 is 1.25 bits per heavy atom. The van der Waals surface area contributed by atoms with E-state index < -0.39 is 0 Å². The van der Waals surface area contributed by atoms with Gasteiger partial charge < -0.3 is 19.8 Å². The van der Waals surface area contributed by atoms with E-state index in [2.05, 4.69) is 55.4 Å². The Morgan fingerprint density at radius 3 is 2.50 bits per heavy atom. The molecular weight excluding hydrogens is 256 g/mol. The van der Waals surface area contributed by atoms with Crippen LogP contribution in [0.5, 0.6) is 0 Å². The molecule has 0 aromatic carbocycles. The second-order valence-electron chi connectivity index (χ2n) is 6.26. The summed E-state index contributed by atoms with van der Waals surface area (Å²) >= 11 is 0. The highest BCUT2D eigenvalue weighted by molar-refractivity contribution is 5.19. The van der Waals surface area contributed by atoms with E-state index >= 15 is 0 Å². The highest BCUT2D eigenvalue weighted by Gasteiger charge is 2.17. The van der Waals surface area contributed by atoms with Gasteiger partial charge in [0.1, 0.15) is 0 Å². The molecular formula is C14H28N4O2. The van der Waals surface area contributed by atoms with Gasteiger partial charge in [-0.2, -0.15) is 0 Å². The molecule has 1 unspecified atom stereocenters. The van der Waals surface area contributed by atoms with Gasteiger partial charge in [-0.3, -0.25) is 0 Å². The smallest absolute Gasteiger partial charge is 0.315 e. The fraction of sp³-hybridized carbons (Fsp3) is 0.857. The second-order valence-corrected chi connectivity index (χ2v) is 6.26. The van der Waals surface area contributed by atoms with E-state index in [1.54, 1.807) is 0 Å². The number of hydrogen-bond donors (Lipinski definition) is 2. The monoisotopic (exact) mass is 284 g/mol. The van der Waals surface area contributed by atoms with Crippen LogP contribution in [0.15, 0.2) is 4.42 Å². The summed E-state index contributed by atoms with van der Waals surface area (Å²) in [6.45, 7) is 14.4. The van der Waals surface area contributed by atoms with E-state index in [-0.39, 0.29) is 11.6 Å². The second kappa shape index (κ2) is 7.59. The SMILES string of the molecule is CCOCC(Nc1nnc(CNC(C)(C)C)o1)C(C)C. The summed E-state index contributed by atoms with van der Waals surface area (Å²) < 4.78 is 11.1. The predicted octanol–water partition coefficient (Wildman–Crippen LogP) is 2.43. The van der Waals surface area contributed by atoms with Crippen LogP contribution in [-0.2, 0) is 11.3 Å². The molecule has 1 rings (SSSR count). The van der Waals surface area contributed by atoms with Gasteiger partial charge in [-0.25, -0.2) is 0 Å². The first kappa shape index (κ1) is 16.9. The van der Waals surface area contributed by atoms with Crippen LogP contribution < -0.4 is 10.6 Å². The number of anilines is 1. The Morgan fingerprint density at radius 2 is 1.95 bits per heavy atom. The Kier molecular flexibility index (Phi) is 6.42. The van der Waals surface area contributed by atoms with Crippen molar-refractivity contribution in [3.63, 3.8) is 0 Å². The normalized spacial score (nSPS) is 13.8. The quantitative estimate of drug-likeness (QED) is 0.764. The maximum absolute atomic E-state index is 5.59. The zero-order valence-electron chi connectivity index (χ0n) is 13.5. The zero-order valence-corrected chi connectivity index (χ0v) is 13.5. The van der Waals surface area contributed by atoms with Crippen molar-refractivity contribution in [1.29, 1.82) is 0 Å². The minimum Gasteiger partial charge on any atom is -0.407 e. The van der Waals surface area contributed by atoms with Crippen LogP contribution in [0.2, 0.25) is 0 Å². The summed E-state index contributed by atoms with van der Waals surface area (Å²) in [5.41, 5.74) is 0.0253. The van der Waals surface area contributed by atoms with Gasteiger partial charge in [0.25, 0.3) is 0 Å². The van der Waals surface area contributed by atoms with Crippen LogP contribution >= 0.6 is 0 Å². The molecule has 20 heavy (non-hydrogen) atoms. The first-order valence-corrected chi connectivity index (χ1v) is 7.23. The lowest BCUT2D eigenvalue weighted by Gasteiger charge is -2.20. The largest absolute Gasteiger partial charge is 0.407 e. The number of ether oxygens (including phenoxy) is 1. The molecule has 0 fully saturated rings. The zero-order chi connectivity index (χ0) is 15.2. The number of rotatable bonds is 8. The first-order valence-electron chi connectivity index (χ1n) is 7.23. The molecule has 0 aliphatic heterocycles. The van der Waals surface area contributed by atoms with Gasteiger partial charge in [-0.1, -0.05) is 18.9 Å². The van der Waals surface area contributed by atoms with Crippen LogP contribution in [0.25, 0.3) is 0 Å². The molecule has 0 radical (unpaired) electrons. The molecule has 0 aliphatic rings. The van der Waals surface area contributed by atoms with Crippen molar-refractivity contribution in [2.75, 3.05) is 18.5 Å². The molecule has 1 atom stereocenters. The molecule has 0 saturated carbocycles. The maximum Gasteiger partial charge on any atom is 0.315 e. The van der Waals surface area contributed by atoms with E-state index in [4.69, 9.17) is 9.15 Å². The third kappa shape index (κ3) is 6.34. The molecule has 1 aromatic heterocycles. The number of nitrogens with one attached hydrogen (secondary N) is 2. The van der Waals surface area contributed by atoms with Crippen molar-refractivity contribution in [3.05, 3.63) is 5.89 Å². The molecule has 2 N–H and O–H groups in total. The van der Waals surface area contributed by atoms with Gasteiger partial charge in [-0.15, -0.1) is 5.10 Å². The average Bonchev–Trinajstić information content (AvgIpc) is 2.78. The molecule has 0 saturated heterocycles. The van der Waals surface area contributed by atoms with Crippen LogP contribution in [0.1, 0.15) is 47.4 Å². The van der Waals surface area contributed by atoms with Gasteiger partial charge >= 0.3 is 6.01 Å². The third-order valence-corrected chi connectivity index (χ3v) is 2.85. The van der Waals surface area contributed by atoms with Crippen molar-refractivity contribution in [2.24, 2.45) is 5.92 Å². The van der Waals surface area contributed by atoms with Gasteiger partial charge in [-0.05, 0) is 33.6 Å².